The third-order valence-electron chi connectivity index (χ3n) is 2.46. The van der Waals surface area contributed by atoms with E-state index >= 15 is 0 Å². The number of pyridine rings is 1. The molecule has 1 atom stereocenters. The highest BCUT2D eigenvalue weighted by molar-refractivity contribution is 7.98. The van der Waals surface area contributed by atoms with E-state index in [0.717, 1.165) is 17.3 Å². The fourth-order valence-corrected chi connectivity index (χ4v) is 2.49. The van der Waals surface area contributed by atoms with Gasteiger partial charge in [0.25, 0.3) is 0 Å². The SMILES string of the molecule is CSCC(C)N(C)c1ccc(Cl)c(CCl)n1. The van der Waals surface area contributed by atoms with Gasteiger partial charge in [-0.15, -0.1) is 11.6 Å². The molecule has 0 bridgehead atoms. The molecule has 16 heavy (non-hydrogen) atoms. The van der Waals surface area contributed by atoms with Gasteiger partial charge in [0.2, 0.25) is 0 Å². The summed E-state index contributed by atoms with van der Waals surface area (Å²) in [5.74, 6) is 2.33. The van der Waals surface area contributed by atoms with Crippen LogP contribution in [0.3, 0.4) is 0 Å². The van der Waals surface area contributed by atoms with Crippen molar-refractivity contribution < 1.29 is 0 Å². The average Bonchev–Trinajstić information content (AvgIpc) is 2.29. The van der Waals surface area contributed by atoms with Crippen molar-refractivity contribution in [2.75, 3.05) is 24.0 Å². The molecule has 1 rings (SSSR count). The van der Waals surface area contributed by atoms with Crippen molar-refractivity contribution in [3.63, 3.8) is 0 Å². The number of rotatable bonds is 5. The van der Waals surface area contributed by atoms with Crippen LogP contribution in [0.5, 0.6) is 0 Å². The number of hydrogen-bond donors (Lipinski definition) is 0. The molecule has 0 aromatic carbocycles. The monoisotopic (exact) mass is 278 g/mol. The fourth-order valence-electron chi connectivity index (χ4n) is 1.34. The van der Waals surface area contributed by atoms with Crippen LogP contribution in [0.1, 0.15) is 12.6 Å². The first-order valence-corrected chi connectivity index (χ1v) is 7.34. The molecule has 0 saturated heterocycles. The minimum atomic E-state index is 0.345. The lowest BCUT2D eigenvalue weighted by Crippen LogP contribution is -2.31. The Labute approximate surface area is 111 Å². The van der Waals surface area contributed by atoms with Crippen molar-refractivity contribution in [3.8, 4) is 0 Å². The fraction of sp³-hybridized carbons (Fsp3) is 0.545. The second-order valence-corrected chi connectivity index (χ2v) is 5.23. The first-order chi connectivity index (χ1) is 7.60. The molecule has 0 fully saturated rings. The second-order valence-electron chi connectivity index (χ2n) is 3.65. The van der Waals surface area contributed by atoms with E-state index in [4.69, 9.17) is 23.2 Å². The van der Waals surface area contributed by atoms with Crippen molar-refractivity contribution in [1.29, 1.82) is 0 Å². The van der Waals surface area contributed by atoms with Gasteiger partial charge in [0.1, 0.15) is 5.82 Å². The number of halogens is 2. The van der Waals surface area contributed by atoms with Crippen LogP contribution in [0.15, 0.2) is 12.1 Å². The highest BCUT2D eigenvalue weighted by atomic mass is 35.5. The van der Waals surface area contributed by atoms with Gasteiger partial charge in [-0.3, -0.25) is 0 Å². The predicted molar refractivity (Wildman–Crippen MR) is 75.1 cm³/mol. The highest BCUT2D eigenvalue weighted by Gasteiger charge is 2.12. The van der Waals surface area contributed by atoms with Gasteiger partial charge >= 0.3 is 0 Å². The standard InChI is InChI=1S/C11H16Cl2N2S/c1-8(7-16-3)15(2)11-5-4-9(13)10(6-12)14-11/h4-5,8H,6-7H2,1-3H3. The maximum Gasteiger partial charge on any atom is 0.128 e. The number of thioether (sulfide) groups is 1. The maximum absolute atomic E-state index is 5.97. The number of nitrogens with zero attached hydrogens (tertiary/aromatic N) is 2. The molecular weight excluding hydrogens is 263 g/mol. The first kappa shape index (κ1) is 13.9. The van der Waals surface area contributed by atoms with E-state index in [1.54, 1.807) is 0 Å². The Balaban J connectivity index is 2.87. The van der Waals surface area contributed by atoms with Crippen LogP contribution in [-0.4, -0.2) is 30.1 Å². The molecule has 0 aliphatic rings. The van der Waals surface area contributed by atoms with E-state index < -0.39 is 0 Å². The lowest BCUT2D eigenvalue weighted by atomic mass is 10.3. The van der Waals surface area contributed by atoms with E-state index in [9.17, 15) is 0 Å². The van der Waals surface area contributed by atoms with Crippen molar-refractivity contribution in [2.24, 2.45) is 0 Å². The molecule has 5 heteroatoms. The number of alkyl halides is 1. The smallest absolute Gasteiger partial charge is 0.128 e. The van der Waals surface area contributed by atoms with Gasteiger partial charge in [-0.25, -0.2) is 4.98 Å². The van der Waals surface area contributed by atoms with Crippen molar-refractivity contribution in [1.82, 2.24) is 4.98 Å². The highest BCUT2D eigenvalue weighted by Crippen LogP contribution is 2.21. The van der Waals surface area contributed by atoms with E-state index in [-0.39, 0.29) is 0 Å². The van der Waals surface area contributed by atoms with Gasteiger partial charge in [-0.05, 0) is 25.3 Å². The Bertz CT molecular complexity index is 347. The molecule has 1 heterocycles. The zero-order chi connectivity index (χ0) is 12.1. The van der Waals surface area contributed by atoms with Gasteiger partial charge in [0, 0.05) is 18.8 Å². The van der Waals surface area contributed by atoms with E-state index in [2.05, 4.69) is 23.1 Å². The number of aromatic nitrogens is 1. The average molecular weight is 279 g/mol. The zero-order valence-electron chi connectivity index (χ0n) is 9.70. The summed E-state index contributed by atoms with van der Waals surface area (Å²) in [6.07, 6.45) is 2.10. The van der Waals surface area contributed by atoms with Gasteiger partial charge in [0.15, 0.2) is 0 Å². The molecule has 0 spiro atoms. The normalized spacial score (nSPS) is 12.6. The predicted octanol–water partition coefficient (Wildman–Crippen LogP) is 3.66. The topological polar surface area (TPSA) is 16.1 Å². The van der Waals surface area contributed by atoms with Crippen LogP contribution in [0.2, 0.25) is 5.02 Å². The Hall–Kier alpha value is -0.120. The number of anilines is 1. The molecule has 0 aliphatic heterocycles. The molecule has 0 aliphatic carbocycles. The van der Waals surface area contributed by atoms with Crippen molar-refractivity contribution >= 4 is 40.8 Å². The summed E-state index contributed by atoms with van der Waals surface area (Å²) in [6.45, 7) is 2.17. The summed E-state index contributed by atoms with van der Waals surface area (Å²) in [5.41, 5.74) is 0.740. The molecule has 0 amide bonds. The van der Waals surface area contributed by atoms with Gasteiger partial charge in [0.05, 0.1) is 16.6 Å². The van der Waals surface area contributed by atoms with E-state index in [0.29, 0.717) is 16.9 Å². The Morgan fingerprint density at radius 1 is 1.50 bits per heavy atom. The Morgan fingerprint density at radius 3 is 2.75 bits per heavy atom. The minimum absolute atomic E-state index is 0.345. The van der Waals surface area contributed by atoms with Gasteiger partial charge in [-0.2, -0.15) is 11.8 Å². The van der Waals surface area contributed by atoms with Crippen LogP contribution in [-0.2, 0) is 5.88 Å². The summed E-state index contributed by atoms with van der Waals surface area (Å²) >= 11 is 13.6. The molecule has 0 saturated carbocycles. The van der Waals surface area contributed by atoms with E-state index in [1.165, 1.54) is 0 Å². The van der Waals surface area contributed by atoms with Crippen LogP contribution in [0, 0.1) is 0 Å². The summed E-state index contributed by atoms with van der Waals surface area (Å²) < 4.78 is 0. The third-order valence-corrected chi connectivity index (χ3v) is 3.87. The lowest BCUT2D eigenvalue weighted by Gasteiger charge is -2.25. The molecule has 0 N–H and O–H groups in total. The summed E-state index contributed by atoms with van der Waals surface area (Å²) in [7, 11) is 2.04. The second kappa shape index (κ2) is 6.58. The summed E-state index contributed by atoms with van der Waals surface area (Å²) in [5, 5.41) is 0.629. The van der Waals surface area contributed by atoms with Gasteiger partial charge < -0.3 is 4.90 Å². The van der Waals surface area contributed by atoms with Crippen LogP contribution in [0.4, 0.5) is 5.82 Å². The third kappa shape index (κ3) is 3.44. The van der Waals surface area contributed by atoms with Gasteiger partial charge in [-0.1, -0.05) is 11.6 Å². The van der Waals surface area contributed by atoms with Crippen LogP contribution < -0.4 is 4.90 Å². The zero-order valence-corrected chi connectivity index (χ0v) is 12.0. The van der Waals surface area contributed by atoms with Crippen LogP contribution >= 0.6 is 35.0 Å². The molecular formula is C11H16Cl2N2S. The minimum Gasteiger partial charge on any atom is -0.356 e. The molecule has 90 valence electrons. The molecule has 1 aromatic rings. The summed E-state index contributed by atoms with van der Waals surface area (Å²) in [4.78, 5) is 6.59. The van der Waals surface area contributed by atoms with Crippen molar-refractivity contribution in [3.05, 3.63) is 22.8 Å². The molecule has 1 unspecified atom stereocenters. The lowest BCUT2D eigenvalue weighted by molar-refractivity contribution is 0.751. The van der Waals surface area contributed by atoms with Crippen LogP contribution in [0.25, 0.3) is 0 Å². The molecule has 2 nitrogen and oxygen atoms in total. The Kier molecular flexibility index (Phi) is 5.73. The first-order valence-electron chi connectivity index (χ1n) is 5.03. The molecule has 1 aromatic heterocycles. The number of hydrogen-bond acceptors (Lipinski definition) is 3. The maximum atomic E-state index is 5.97. The molecule has 0 radical (unpaired) electrons. The van der Waals surface area contributed by atoms with Crippen molar-refractivity contribution in [2.45, 2.75) is 18.8 Å². The van der Waals surface area contributed by atoms with E-state index in [1.807, 2.05) is 30.9 Å². The largest absolute Gasteiger partial charge is 0.356 e. The Morgan fingerprint density at radius 2 is 2.19 bits per heavy atom. The quantitative estimate of drug-likeness (QED) is 0.765. The summed E-state index contributed by atoms with van der Waals surface area (Å²) in [6, 6.07) is 4.21.